The van der Waals surface area contributed by atoms with Crippen molar-refractivity contribution >= 4 is 27.5 Å². The van der Waals surface area contributed by atoms with E-state index in [0.29, 0.717) is 5.92 Å². The lowest BCUT2D eigenvalue weighted by Crippen LogP contribution is -2.38. The van der Waals surface area contributed by atoms with Crippen LogP contribution in [0.15, 0.2) is 35.9 Å². The number of fused-ring (bicyclic) bond motifs is 1. The summed E-state index contributed by atoms with van der Waals surface area (Å²) in [6.45, 7) is 5.67. The number of carbonyl (C=O) groups is 1. The van der Waals surface area contributed by atoms with Crippen molar-refractivity contribution in [2.75, 3.05) is 13.1 Å². The van der Waals surface area contributed by atoms with E-state index in [1.807, 2.05) is 24.0 Å². The van der Waals surface area contributed by atoms with Gasteiger partial charge < -0.3 is 4.90 Å². The number of benzene rings is 1. The van der Waals surface area contributed by atoms with Gasteiger partial charge >= 0.3 is 0 Å². The molecule has 1 aromatic carbocycles. The highest BCUT2D eigenvalue weighted by Gasteiger charge is 2.26. The number of hydrogen-bond donors (Lipinski definition) is 0. The molecule has 2 aromatic rings. The van der Waals surface area contributed by atoms with Crippen molar-refractivity contribution in [3.8, 4) is 0 Å². The highest BCUT2D eigenvalue weighted by atomic mass is 32.1. The van der Waals surface area contributed by atoms with Crippen LogP contribution < -0.4 is 0 Å². The van der Waals surface area contributed by atoms with Gasteiger partial charge in [0.1, 0.15) is 0 Å². The van der Waals surface area contributed by atoms with Crippen molar-refractivity contribution in [1.29, 1.82) is 0 Å². The molecule has 2 heterocycles. The molecule has 1 fully saturated rings. The van der Waals surface area contributed by atoms with Crippen LogP contribution in [-0.4, -0.2) is 28.9 Å². The standard InChI is InChI=1S/C18H22N2OS/c1-3-6-13(2)18(21)20-11-9-14(10-12-20)17-19-15-7-4-5-8-16(15)22-17/h4-8,14H,3,9-12H2,1-2H3. The summed E-state index contributed by atoms with van der Waals surface area (Å²) in [5.41, 5.74) is 1.98. The smallest absolute Gasteiger partial charge is 0.249 e. The Bertz CT molecular complexity index is 663. The Kier molecular flexibility index (Phi) is 4.57. The summed E-state index contributed by atoms with van der Waals surface area (Å²) in [4.78, 5) is 19.1. The van der Waals surface area contributed by atoms with Crippen molar-refractivity contribution in [3.05, 3.63) is 40.9 Å². The number of nitrogens with zero attached hydrogens (tertiary/aromatic N) is 2. The summed E-state index contributed by atoms with van der Waals surface area (Å²) >= 11 is 1.80. The largest absolute Gasteiger partial charge is 0.339 e. The average molecular weight is 314 g/mol. The van der Waals surface area contributed by atoms with Crippen LogP contribution in [0, 0.1) is 0 Å². The Labute approximate surface area is 135 Å². The average Bonchev–Trinajstić information content (AvgIpc) is 2.98. The molecule has 1 saturated heterocycles. The van der Waals surface area contributed by atoms with Crippen LogP contribution in [0.2, 0.25) is 0 Å². The van der Waals surface area contributed by atoms with Crippen LogP contribution in [0.25, 0.3) is 10.2 Å². The Morgan fingerprint density at radius 2 is 2.09 bits per heavy atom. The normalized spacial score (nSPS) is 17.2. The number of para-hydroxylation sites is 1. The van der Waals surface area contributed by atoms with E-state index in [2.05, 4.69) is 25.1 Å². The number of aromatic nitrogens is 1. The maximum absolute atomic E-state index is 12.3. The van der Waals surface area contributed by atoms with Gasteiger partial charge in [0.25, 0.3) is 0 Å². The molecule has 0 N–H and O–H groups in total. The van der Waals surface area contributed by atoms with Gasteiger partial charge in [0.15, 0.2) is 0 Å². The fraction of sp³-hybridized carbons (Fsp3) is 0.444. The first kappa shape index (κ1) is 15.2. The third-order valence-electron chi connectivity index (χ3n) is 4.29. The first-order valence-corrected chi connectivity index (χ1v) is 8.82. The molecular weight excluding hydrogens is 292 g/mol. The van der Waals surface area contributed by atoms with Crippen molar-refractivity contribution in [1.82, 2.24) is 9.88 Å². The van der Waals surface area contributed by atoms with Gasteiger partial charge in [0, 0.05) is 24.6 Å². The van der Waals surface area contributed by atoms with Crippen molar-refractivity contribution in [3.63, 3.8) is 0 Å². The van der Waals surface area contributed by atoms with Gasteiger partial charge in [-0.2, -0.15) is 0 Å². The molecule has 4 heteroatoms. The Hall–Kier alpha value is -1.68. The van der Waals surface area contributed by atoms with E-state index in [4.69, 9.17) is 4.98 Å². The molecule has 116 valence electrons. The number of piperidine rings is 1. The Balaban J connectivity index is 1.66. The minimum absolute atomic E-state index is 0.199. The summed E-state index contributed by atoms with van der Waals surface area (Å²) in [6.07, 6.45) is 4.97. The quantitative estimate of drug-likeness (QED) is 0.789. The number of carbonyl (C=O) groups excluding carboxylic acids is 1. The molecule has 0 aliphatic carbocycles. The zero-order valence-corrected chi connectivity index (χ0v) is 14.0. The molecule has 0 bridgehead atoms. The molecule has 1 amide bonds. The molecule has 0 unspecified atom stereocenters. The van der Waals surface area contributed by atoms with E-state index in [1.54, 1.807) is 11.3 Å². The summed E-state index contributed by atoms with van der Waals surface area (Å²) in [5.74, 6) is 0.696. The van der Waals surface area contributed by atoms with Gasteiger partial charge in [-0.05, 0) is 38.3 Å². The van der Waals surface area contributed by atoms with Gasteiger partial charge in [-0.25, -0.2) is 4.98 Å². The van der Waals surface area contributed by atoms with Gasteiger partial charge in [0.2, 0.25) is 5.91 Å². The van der Waals surface area contributed by atoms with E-state index >= 15 is 0 Å². The second kappa shape index (κ2) is 6.61. The van der Waals surface area contributed by atoms with E-state index in [0.717, 1.165) is 43.4 Å². The second-order valence-corrected chi connectivity index (χ2v) is 6.94. The molecule has 1 aliphatic rings. The van der Waals surface area contributed by atoms with E-state index in [1.165, 1.54) is 9.71 Å². The summed E-state index contributed by atoms with van der Waals surface area (Å²) in [7, 11) is 0. The minimum atomic E-state index is 0.199. The molecule has 0 atom stereocenters. The van der Waals surface area contributed by atoms with Crippen LogP contribution in [0.4, 0.5) is 0 Å². The fourth-order valence-electron chi connectivity index (χ4n) is 3.04. The first-order chi connectivity index (χ1) is 10.7. The topological polar surface area (TPSA) is 33.2 Å². The maximum Gasteiger partial charge on any atom is 0.249 e. The number of allylic oxidation sites excluding steroid dienone is 1. The Morgan fingerprint density at radius 1 is 1.36 bits per heavy atom. The summed E-state index contributed by atoms with van der Waals surface area (Å²) in [5, 5.41) is 1.23. The van der Waals surface area contributed by atoms with Crippen molar-refractivity contribution < 1.29 is 4.79 Å². The van der Waals surface area contributed by atoms with E-state index in [-0.39, 0.29) is 5.91 Å². The predicted octanol–water partition coefficient (Wildman–Crippen LogP) is 4.36. The van der Waals surface area contributed by atoms with Crippen LogP contribution in [0.3, 0.4) is 0 Å². The lowest BCUT2D eigenvalue weighted by Gasteiger charge is -2.31. The number of likely N-dealkylation sites (tertiary alicyclic amines) is 1. The molecule has 0 radical (unpaired) electrons. The highest BCUT2D eigenvalue weighted by molar-refractivity contribution is 7.18. The fourth-order valence-corrected chi connectivity index (χ4v) is 4.17. The van der Waals surface area contributed by atoms with Gasteiger partial charge in [0.05, 0.1) is 15.2 Å². The maximum atomic E-state index is 12.3. The van der Waals surface area contributed by atoms with E-state index < -0.39 is 0 Å². The van der Waals surface area contributed by atoms with Crippen LogP contribution in [-0.2, 0) is 4.79 Å². The van der Waals surface area contributed by atoms with Gasteiger partial charge in [-0.15, -0.1) is 11.3 Å². The molecule has 3 nitrogen and oxygen atoms in total. The third kappa shape index (κ3) is 3.07. The summed E-state index contributed by atoms with van der Waals surface area (Å²) < 4.78 is 1.26. The highest BCUT2D eigenvalue weighted by Crippen LogP contribution is 2.34. The predicted molar refractivity (Wildman–Crippen MR) is 92.2 cm³/mol. The van der Waals surface area contributed by atoms with Crippen LogP contribution in [0.1, 0.15) is 44.0 Å². The third-order valence-corrected chi connectivity index (χ3v) is 5.49. The van der Waals surface area contributed by atoms with Crippen molar-refractivity contribution in [2.45, 2.75) is 39.0 Å². The zero-order valence-electron chi connectivity index (χ0n) is 13.2. The van der Waals surface area contributed by atoms with Crippen LogP contribution >= 0.6 is 11.3 Å². The number of thiazole rings is 1. The number of hydrogen-bond acceptors (Lipinski definition) is 3. The Morgan fingerprint density at radius 3 is 2.77 bits per heavy atom. The monoisotopic (exact) mass is 314 g/mol. The van der Waals surface area contributed by atoms with Gasteiger partial charge in [-0.3, -0.25) is 4.79 Å². The number of amides is 1. The first-order valence-electron chi connectivity index (χ1n) is 8.00. The van der Waals surface area contributed by atoms with Crippen molar-refractivity contribution in [2.24, 2.45) is 0 Å². The lowest BCUT2D eigenvalue weighted by molar-refractivity contribution is -0.128. The SMILES string of the molecule is CCC=C(C)C(=O)N1CCC(c2nc3ccccc3s2)CC1. The second-order valence-electron chi connectivity index (χ2n) is 5.88. The lowest BCUT2D eigenvalue weighted by atomic mass is 9.97. The zero-order chi connectivity index (χ0) is 15.5. The number of rotatable bonds is 3. The van der Waals surface area contributed by atoms with Crippen LogP contribution in [0.5, 0.6) is 0 Å². The van der Waals surface area contributed by atoms with E-state index in [9.17, 15) is 4.79 Å². The molecule has 0 spiro atoms. The molecule has 0 saturated carbocycles. The molecule has 1 aromatic heterocycles. The molecule has 1 aliphatic heterocycles. The minimum Gasteiger partial charge on any atom is -0.339 e. The molecular formula is C18H22N2OS. The summed E-state index contributed by atoms with van der Waals surface area (Å²) in [6, 6.07) is 8.31. The van der Waals surface area contributed by atoms with Gasteiger partial charge in [-0.1, -0.05) is 25.1 Å². The molecule has 3 rings (SSSR count). The molecule has 22 heavy (non-hydrogen) atoms.